The van der Waals surface area contributed by atoms with E-state index in [0.29, 0.717) is 11.1 Å². The van der Waals surface area contributed by atoms with Gasteiger partial charge in [-0.3, -0.25) is 4.79 Å². The molecule has 2 aromatic carbocycles. The molecule has 1 amide bonds. The van der Waals surface area contributed by atoms with E-state index in [2.05, 4.69) is 15.5 Å². The third-order valence-electron chi connectivity index (χ3n) is 3.73. The molecule has 29 heavy (non-hydrogen) atoms. The van der Waals surface area contributed by atoms with Gasteiger partial charge in [0.05, 0.1) is 21.8 Å². The molecule has 1 aromatic heterocycles. The second-order valence-corrected chi connectivity index (χ2v) is 6.91. The van der Waals surface area contributed by atoms with Gasteiger partial charge in [-0.1, -0.05) is 53.0 Å². The van der Waals surface area contributed by atoms with Crippen LogP contribution in [0.1, 0.15) is 21.5 Å². The van der Waals surface area contributed by atoms with Gasteiger partial charge in [-0.2, -0.15) is 5.10 Å². The maximum atomic E-state index is 13.7. The fourth-order valence-corrected chi connectivity index (χ4v) is 3.16. The van der Waals surface area contributed by atoms with Crippen LogP contribution >= 0.6 is 34.8 Å². The predicted molar refractivity (Wildman–Crippen MR) is 112 cm³/mol. The van der Waals surface area contributed by atoms with Gasteiger partial charge in [0, 0.05) is 11.8 Å². The van der Waals surface area contributed by atoms with Crippen molar-refractivity contribution >= 4 is 46.9 Å². The Morgan fingerprint density at radius 1 is 1.14 bits per heavy atom. The second kappa shape index (κ2) is 9.69. The molecule has 5 nitrogen and oxygen atoms in total. The lowest BCUT2D eigenvalue weighted by Gasteiger charge is -2.11. The lowest BCUT2D eigenvalue weighted by atomic mass is 10.2. The van der Waals surface area contributed by atoms with Crippen LogP contribution in [0.5, 0.6) is 5.75 Å². The van der Waals surface area contributed by atoms with Crippen LogP contribution in [0.4, 0.5) is 4.39 Å². The second-order valence-electron chi connectivity index (χ2n) is 5.73. The summed E-state index contributed by atoms with van der Waals surface area (Å²) in [6.45, 7) is -0.0263. The fraction of sp³-hybridized carbons (Fsp3) is 0.0500. The van der Waals surface area contributed by atoms with E-state index in [1.807, 2.05) is 0 Å². The predicted octanol–water partition coefficient (Wildman–Crippen LogP) is 5.52. The molecule has 0 saturated carbocycles. The molecule has 0 fully saturated rings. The molecule has 0 aliphatic heterocycles. The molecule has 0 radical (unpaired) electrons. The van der Waals surface area contributed by atoms with E-state index >= 15 is 0 Å². The molecule has 0 saturated heterocycles. The fourth-order valence-electron chi connectivity index (χ4n) is 2.34. The van der Waals surface area contributed by atoms with Crippen LogP contribution < -0.4 is 10.2 Å². The van der Waals surface area contributed by atoms with Crippen LogP contribution in [0.25, 0.3) is 0 Å². The molecule has 0 unspecified atom stereocenters. The molecular formula is C20H13Cl3FN3O2. The number of hydrogen-bond donors (Lipinski definition) is 1. The zero-order valence-corrected chi connectivity index (χ0v) is 17.0. The Kier molecular flexibility index (Phi) is 7.04. The van der Waals surface area contributed by atoms with Crippen molar-refractivity contribution in [3.8, 4) is 5.75 Å². The Hall–Kier alpha value is -2.67. The average molecular weight is 453 g/mol. The summed E-state index contributed by atoms with van der Waals surface area (Å²) < 4.78 is 19.3. The Morgan fingerprint density at radius 3 is 2.55 bits per heavy atom. The van der Waals surface area contributed by atoms with Crippen molar-refractivity contribution in [3.05, 3.63) is 92.4 Å². The first kappa shape index (κ1) is 21.0. The number of hydrogen-bond acceptors (Lipinski definition) is 4. The molecule has 1 heterocycles. The van der Waals surface area contributed by atoms with Gasteiger partial charge < -0.3 is 4.74 Å². The number of halogens is 4. The number of hydrazone groups is 1. The molecular weight excluding hydrogens is 440 g/mol. The zero-order valence-electron chi connectivity index (χ0n) is 14.7. The lowest BCUT2D eigenvalue weighted by molar-refractivity contribution is 0.0955. The third-order valence-corrected chi connectivity index (χ3v) is 4.60. The maximum Gasteiger partial charge on any atom is 0.274 e. The molecule has 1 N–H and O–H groups in total. The number of carbonyl (C=O) groups is 1. The quantitative estimate of drug-likeness (QED) is 0.304. The van der Waals surface area contributed by atoms with Crippen molar-refractivity contribution in [2.45, 2.75) is 6.61 Å². The molecule has 0 aliphatic carbocycles. The minimum absolute atomic E-state index is 0.0263. The van der Waals surface area contributed by atoms with E-state index < -0.39 is 5.91 Å². The van der Waals surface area contributed by atoms with Gasteiger partial charge in [0.1, 0.15) is 17.6 Å². The van der Waals surface area contributed by atoms with Crippen molar-refractivity contribution in [2.75, 3.05) is 0 Å². The molecule has 3 rings (SSSR count). The van der Waals surface area contributed by atoms with Crippen molar-refractivity contribution in [2.24, 2.45) is 5.10 Å². The first-order valence-corrected chi connectivity index (χ1v) is 9.38. The molecule has 0 aliphatic rings. The van der Waals surface area contributed by atoms with E-state index in [1.54, 1.807) is 36.4 Å². The number of amides is 1. The molecule has 9 heteroatoms. The summed E-state index contributed by atoms with van der Waals surface area (Å²) in [7, 11) is 0. The minimum Gasteiger partial charge on any atom is -0.486 e. The van der Waals surface area contributed by atoms with Crippen molar-refractivity contribution < 1.29 is 13.9 Å². The summed E-state index contributed by atoms with van der Waals surface area (Å²) >= 11 is 18.3. The Morgan fingerprint density at radius 2 is 1.86 bits per heavy atom. The van der Waals surface area contributed by atoms with E-state index in [0.717, 1.165) is 0 Å². The van der Waals surface area contributed by atoms with Crippen LogP contribution in [0, 0.1) is 5.82 Å². The highest BCUT2D eigenvalue weighted by atomic mass is 35.5. The largest absolute Gasteiger partial charge is 0.486 e. The lowest BCUT2D eigenvalue weighted by Crippen LogP contribution is -2.18. The van der Waals surface area contributed by atoms with Crippen molar-refractivity contribution in [1.82, 2.24) is 10.4 Å². The van der Waals surface area contributed by atoms with E-state index in [9.17, 15) is 9.18 Å². The number of carbonyl (C=O) groups excluding carboxylic acids is 1. The van der Waals surface area contributed by atoms with Gasteiger partial charge in [0.2, 0.25) is 0 Å². The highest BCUT2D eigenvalue weighted by Gasteiger charge is 2.12. The van der Waals surface area contributed by atoms with E-state index in [1.165, 1.54) is 24.5 Å². The van der Waals surface area contributed by atoms with E-state index in [4.69, 9.17) is 39.5 Å². The summed E-state index contributed by atoms with van der Waals surface area (Å²) in [6.07, 6.45) is 2.84. The van der Waals surface area contributed by atoms with Crippen LogP contribution in [0.15, 0.2) is 59.8 Å². The number of aromatic nitrogens is 1. The van der Waals surface area contributed by atoms with Gasteiger partial charge >= 0.3 is 0 Å². The Labute approximate surface area is 181 Å². The maximum absolute atomic E-state index is 13.7. The van der Waals surface area contributed by atoms with Gasteiger partial charge in [0.25, 0.3) is 5.91 Å². The Balaban J connectivity index is 1.67. The number of nitrogens with zero attached hydrogens (tertiary/aromatic N) is 2. The molecule has 0 bridgehead atoms. The first-order chi connectivity index (χ1) is 14.0. The Bertz CT molecular complexity index is 1050. The first-order valence-electron chi connectivity index (χ1n) is 8.25. The minimum atomic E-state index is -0.513. The van der Waals surface area contributed by atoms with Gasteiger partial charge in [0.15, 0.2) is 5.75 Å². The van der Waals surface area contributed by atoms with Gasteiger partial charge in [-0.05, 0) is 35.9 Å². The number of benzene rings is 2. The standard InChI is InChI=1S/C20H13Cl3FN3O2/c21-15-8-12(10-26-27-20(28)14-5-3-7-25-19(14)23)9-16(22)18(15)29-11-13-4-1-2-6-17(13)24/h1-10H,11H2,(H,27,28). The van der Waals surface area contributed by atoms with Crippen LogP contribution in [-0.4, -0.2) is 17.1 Å². The monoisotopic (exact) mass is 451 g/mol. The highest BCUT2D eigenvalue weighted by molar-refractivity contribution is 6.37. The summed E-state index contributed by atoms with van der Waals surface area (Å²) in [5.41, 5.74) is 3.44. The third kappa shape index (κ3) is 5.44. The SMILES string of the molecule is O=C(NN=Cc1cc(Cl)c(OCc2ccccc2F)c(Cl)c1)c1cccnc1Cl. The topological polar surface area (TPSA) is 63.6 Å². The number of ether oxygens (including phenoxy) is 1. The van der Waals surface area contributed by atoms with Crippen molar-refractivity contribution in [3.63, 3.8) is 0 Å². The van der Waals surface area contributed by atoms with E-state index in [-0.39, 0.29) is 38.9 Å². The average Bonchev–Trinajstić information content (AvgIpc) is 2.69. The van der Waals surface area contributed by atoms with Crippen LogP contribution in [0.3, 0.4) is 0 Å². The zero-order chi connectivity index (χ0) is 20.8. The van der Waals surface area contributed by atoms with Crippen molar-refractivity contribution in [1.29, 1.82) is 0 Å². The molecule has 0 spiro atoms. The smallest absolute Gasteiger partial charge is 0.274 e. The highest BCUT2D eigenvalue weighted by Crippen LogP contribution is 2.34. The van der Waals surface area contributed by atoms with Crippen LogP contribution in [0.2, 0.25) is 15.2 Å². The number of nitrogens with one attached hydrogen (secondary N) is 1. The molecule has 148 valence electrons. The van der Waals surface area contributed by atoms with Crippen LogP contribution in [-0.2, 0) is 6.61 Å². The normalized spacial score (nSPS) is 10.9. The number of rotatable bonds is 6. The molecule has 0 atom stereocenters. The van der Waals surface area contributed by atoms with Gasteiger partial charge in [-0.15, -0.1) is 0 Å². The van der Waals surface area contributed by atoms with Gasteiger partial charge in [-0.25, -0.2) is 14.8 Å². The summed E-state index contributed by atoms with van der Waals surface area (Å²) in [4.78, 5) is 15.9. The number of pyridine rings is 1. The molecule has 3 aromatic rings. The summed E-state index contributed by atoms with van der Waals surface area (Å²) in [6, 6.07) is 12.5. The summed E-state index contributed by atoms with van der Waals surface area (Å²) in [5, 5.41) is 4.37. The summed E-state index contributed by atoms with van der Waals surface area (Å²) in [5.74, 6) is -0.672.